The minimum atomic E-state index is -0.559. The third-order valence-corrected chi connectivity index (χ3v) is 9.04. The molecule has 6 atom stereocenters. The fraction of sp³-hybridized carbons (Fsp3) is 0.630. The first-order chi connectivity index (χ1) is 15.4. The lowest BCUT2D eigenvalue weighted by Crippen LogP contribution is -2.55. The number of aliphatic hydroxyl groups excluding tert-OH is 1. The topological polar surface area (TPSA) is 66.8 Å². The molecule has 5 rings (SSSR count). The first-order valence-corrected chi connectivity index (χ1v) is 12.3. The minimum Gasteiger partial charge on any atom is -0.461 e. The zero-order valence-corrected chi connectivity index (χ0v) is 19.2. The highest BCUT2D eigenvalue weighted by Crippen LogP contribution is 2.56. The van der Waals surface area contributed by atoms with Crippen molar-refractivity contribution >= 4 is 11.8 Å². The molecule has 5 heteroatoms. The van der Waals surface area contributed by atoms with Gasteiger partial charge in [-0.25, -0.2) is 0 Å². The maximum absolute atomic E-state index is 12.9. The van der Waals surface area contributed by atoms with Crippen LogP contribution in [0, 0.1) is 29.1 Å². The summed E-state index contributed by atoms with van der Waals surface area (Å²) in [4.78, 5) is 28.0. The second-order valence-corrected chi connectivity index (χ2v) is 10.6. The molecule has 0 spiro atoms. The molecule has 32 heavy (non-hydrogen) atoms. The summed E-state index contributed by atoms with van der Waals surface area (Å²) < 4.78 is 5.82. The maximum atomic E-state index is 12.9. The number of rotatable bonds is 4. The summed E-state index contributed by atoms with van der Waals surface area (Å²) in [6.45, 7) is 6.65. The Kier molecular flexibility index (Phi) is 5.75. The Labute approximate surface area is 190 Å². The van der Waals surface area contributed by atoms with E-state index in [-0.39, 0.29) is 41.0 Å². The van der Waals surface area contributed by atoms with E-state index in [1.165, 1.54) is 5.57 Å². The Morgan fingerprint density at radius 2 is 1.91 bits per heavy atom. The van der Waals surface area contributed by atoms with Gasteiger partial charge in [0.05, 0.1) is 12.0 Å². The largest absolute Gasteiger partial charge is 0.461 e. The molecule has 1 aromatic carbocycles. The van der Waals surface area contributed by atoms with Crippen LogP contribution in [0.2, 0.25) is 0 Å². The first-order valence-electron chi connectivity index (χ1n) is 12.3. The molecule has 0 amide bonds. The molecule has 1 aromatic rings. The number of carbonyl (C=O) groups is 2. The number of esters is 1. The number of fused-ring (bicyclic) bond motifs is 2. The number of carbonyl (C=O) groups excluding carboxylic acids is 2. The highest BCUT2D eigenvalue weighted by Gasteiger charge is 2.59. The lowest BCUT2D eigenvalue weighted by Gasteiger charge is -2.52. The van der Waals surface area contributed by atoms with Gasteiger partial charge in [-0.05, 0) is 44.7 Å². The molecule has 3 unspecified atom stereocenters. The highest BCUT2D eigenvalue weighted by molar-refractivity contribution is 5.97. The Balaban J connectivity index is 1.25. The zero-order chi connectivity index (χ0) is 22.5. The average Bonchev–Trinajstić information content (AvgIpc) is 3.11. The zero-order valence-electron chi connectivity index (χ0n) is 19.2. The van der Waals surface area contributed by atoms with Gasteiger partial charge in [0, 0.05) is 35.8 Å². The predicted molar refractivity (Wildman–Crippen MR) is 122 cm³/mol. The van der Waals surface area contributed by atoms with Gasteiger partial charge in [-0.1, -0.05) is 55.8 Å². The van der Waals surface area contributed by atoms with Crippen molar-refractivity contribution in [1.29, 1.82) is 0 Å². The number of piperidine rings is 1. The molecule has 4 aliphatic rings. The van der Waals surface area contributed by atoms with Crippen molar-refractivity contribution in [3.05, 3.63) is 47.5 Å². The summed E-state index contributed by atoms with van der Waals surface area (Å²) in [7, 11) is 0. The van der Waals surface area contributed by atoms with Crippen molar-refractivity contribution in [3.63, 3.8) is 0 Å². The van der Waals surface area contributed by atoms with Crippen LogP contribution in [0.1, 0.15) is 56.3 Å². The van der Waals surface area contributed by atoms with Gasteiger partial charge in [0.25, 0.3) is 0 Å². The first kappa shape index (κ1) is 21.8. The van der Waals surface area contributed by atoms with Crippen LogP contribution in [0.4, 0.5) is 0 Å². The molecule has 0 radical (unpaired) electrons. The van der Waals surface area contributed by atoms with Gasteiger partial charge in [0.2, 0.25) is 0 Å². The number of likely N-dealkylation sites (tertiary alicyclic amines) is 1. The SMILES string of the molecule is CC1CCC=C2C[C@H]3OC(=O)C(CN4CCC(C(=O)c5ccccc5)CC4)[C@H]3C(O)[C@@]21C. The van der Waals surface area contributed by atoms with Gasteiger partial charge in [-0.3, -0.25) is 9.59 Å². The van der Waals surface area contributed by atoms with E-state index in [4.69, 9.17) is 4.74 Å². The maximum Gasteiger partial charge on any atom is 0.311 e. The van der Waals surface area contributed by atoms with Crippen molar-refractivity contribution in [2.45, 2.75) is 58.2 Å². The van der Waals surface area contributed by atoms with Crippen LogP contribution < -0.4 is 0 Å². The van der Waals surface area contributed by atoms with Crippen molar-refractivity contribution in [1.82, 2.24) is 4.90 Å². The average molecular weight is 438 g/mol. The number of aliphatic hydroxyl groups is 1. The van der Waals surface area contributed by atoms with Gasteiger partial charge in [0.1, 0.15) is 6.10 Å². The van der Waals surface area contributed by atoms with E-state index in [2.05, 4.69) is 24.8 Å². The lowest BCUT2D eigenvalue weighted by molar-refractivity contribution is -0.145. The van der Waals surface area contributed by atoms with E-state index in [9.17, 15) is 14.7 Å². The predicted octanol–water partition coefficient (Wildman–Crippen LogP) is 3.87. The molecule has 1 saturated carbocycles. The Bertz CT molecular complexity index is 903. The van der Waals surface area contributed by atoms with Crippen LogP contribution in [0.15, 0.2) is 42.0 Å². The van der Waals surface area contributed by atoms with Gasteiger partial charge in [-0.2, -0.15) is 0 Å². The van der Waals surface area contributed by atoms with Gasteiger partial charge in [-0.15, -0.1) is 0 Å². The summed E-state index contributed by atoms with van der Waals surface area (Å²) in [5, 5.41) is 11.5. The van der Waals surface area contributed by atoms with Crippen molar-refractivity contribution < 1.29 is 19.4 Å². The van der Waals surface area contributed by atoms with E-state index in [0.29, 0.717) is 12.5 Å². The highest BCUT2D eigenvalue weighted by atomic mass is 16.6. The Hall–Kier alpha value is -1.98. The standard InChI is InChI=1S/C27H35NO4/c1-17-7-6-10-20-15-22-23(25(30)27(17,20)2)21(26(31)32-22)16-28-13-11-19(12-14-28)24(29)18-8-4-3-5-9-18/h3-5,8-10,17,19,21-23,25,30H,6-7,11-16H2,1-2H3/t17?,21?,22-,23-,25?,27-/m1/s1. The molecule has 2 heterocycles. The monoisotopic (exact) mass is 437 g/mol. The molecule has 0 aromatic heterocycles. The number of hydrogen-bond donors (Lipinski definition) is 1. The van der Waals surface area contributed by atoms with Gasteiger partial charge >= 0.3 is 5.97 Å². The molecule has 3 fully saturated rings. The van der Waals surface area contributed by atoms with Crippen LogP contribution in [-0.2, 0) is 9.53 Å². The molecule has 1 N–H and O–H groups in total. The third kappa shape index (κ3) is 3.54. The van der Waals surface area contributed by atoms with E-state index in [0.717, 1.165) is 50.8 Å². The Morgan fingerprint density at radius 1 is 1.19 bits per heavy atom. The smallest absolute Gasteiger partial charge is 0.311 e. The van der Waals surface area contributed by atoms with Crippen LogP contribution in [-0.4, -0.2) is 53.6 Å². The van der Waals surface area contributed by atoms with Crippen LogP contribution >= 0.6 is 0 Å². The number of Topliss-reactive ketones (excluding diaryl/α,β-unsaturated/α-hetero) is 1. The molecular weight excluding hydrogens is 402 g/mol. The second kappa shape index (κ2) is 8.42. The summed E-state index contributed by atoms with van der Waals surface area (Å²) in [6.07, 6.45) is 6.02. The van der Waals surface area contributed by atoms with Gasteiger partial charge < -0.3 is 14.7 Å². The van der Waals surface area contributed by atoms with Gasteiger partial charge in [0.15, 0.2) is 5.78 Å². The molecule has 0 bridgehead atoms. The number of allylic oxidation sites excluding steroid dienone is 1. The van der Waals surface area contributed by atoms with E-state index >= 15 is 0 Å². The number of nitrogens with zero attached hydrogens (tertiary/aromatic N) is 1. The van der Waals surface area contributed by atoms with E-state index < -0.39 is 6.10 Å². The number of hydrogen-bond acceptors (Lipinski definition) is 5. The fourth-order valence-electron chi connectivity index (χ4n) is 6.77. The summed E-state index contributed by atoms with van der Waals surface area (Å²) >= 11 is 0. The molecule has 172 valence electrons. The number of ether oxygens (including phenoxy) is 1. The molecule has 2 aliphatic carbocycles. The number of benzene rings is 1. The quantitative estimate of drug-likeness (QED) is 0.440. The normalized spacial score (nSPS) is 37.9. The third-order valence-electron chi connectivity index (χ3n) is 9.04. The molecule has 5 nitrogen and oxygen atoms in total. The summed E-state index contributed by atoms with van der Waals surface area (Å²) in [5.74, 6) is 0.0862. The van der Waals surface area contributed by atoms with Crippen molar-refractivity contribution in [3.8, 4) is 0 Å². The Morgan fingerprint density at radius 3 is 2.62 bits per heavy atom. The van der Waals surface area contributed by atoms with Crippen molar-refractivity contribution in [2.75, 3.05) is 19.6 Å². The fourth-order valence-corrected chi connectivity index (χ4v) is 6.77. The summed E-state index contributed by atoms with van der Waals surface area (Å²) in [5.41, 5.74) is 1.80. The van der Waals surface area contributed by atoms with Crippen LogP contribution in [0.5, 0.6) is 0 Å². The van der Waals surface area contributed by atoms with Crippen LogP contribution in [0.3, 0.4) is 0 Å². The minimum absolute atomic E-state index is 0.0480. The lowest BCUT2D eigenvalue weighted by atomic mass is 9.55. The number of ketones is 1. The molecular formula is C27H35NO4. The van der Waals surface area contributed by atoms with Crippen LogP contribution in [0.25, 0.3) is 0 Å². The summed E-state index contributed by atoms with van der Waals surface area (Å²) in [6, 6.07) is 9.54. The molecule has 2 saturated heterocycles. The van der Waals surface area contributed by atoms with E-state index in [1.54, 1.807) is 0 Å². The van der Waals surface area contributed by atoms with E-state index in [1.807, 2.05) is 30.3 Å². The second-order valence-electron chi connectivity index (χ2n) is 10.6. The molecule has 2 aliphatic heterocycles. The van der Waals surface area contributed by atoms with Crippen molar-refractivity contribution in [2.24, 2.45) is 29.1 Å².